The summed E-state index contributed by atoms with van der Waals surface area (Å²) in [5.41, 5.74) is 5.20. The highest BCUT2D eigenvalue weighted by Crippen LogP contribution is 2.33. The number of aryl methyl sites for hydroxylation is 1. The van der Waals surface area contributed by atoms with Gasteiger partial charge in [-0.25, -0.2) is 9.37 Å². The molecule has 1 N–H and O–H groups in total. The van der Waals surface area contributed by atoms with E-state index in [-0.39, 0.29) is 11.7 Å². The lowest BCUT2D eigenvalue weighted by Gasteiger charge is -2.28. The quantitative estimate of drug-likeness (QED) is 0.357. The monoisotopic (exact) mass is 481 g/mol. The van der Waals surface area contributed by atoms with Crippen LogP contribution in [-0.4, -0.2) is 32.6 Å². The van der Waals surface area contributed by atoms with Gasteiger partial charge in [0.05, 0.1) is 18.8 Å². The van der Waals surface area contributed by atoms with Crippen LogP contribution >= 0.6 is 0 Å². The van der Waals surface area contributed by atoms with Crippen molar-refractivity contribution in [2.75, 3.05) is 11.9 Å². The molecule has 0 fully saturated rings. The molecule has 0 bridgehead atoms. The Labute approximate surface area is 210 Å². The maximum Gasteiger partial charge on any atom is 0.267 e. The standard InChI is InChI=1S/C29H28FN5O/c1-20-8-14-25(15-9-20)32-28-27(23-10-12-24(30)13-11-23)33-26-19-34(16-17-35(26)28)29(36)21(2)31-18-22-6-4-3-5-7-22/h3-15,32H,16-19H2,1-2H3/b31-21+. The van der Waals surface area contributed by atoms with E-state index in [9.17, 15) is 9.18 Å². The first kappa shape index (κ1) is 23.5. The fraction of sp³-hybridized carbons (Fsp3) is 0.207. The number of imidazole rings is 1. The molecule has 4 aromatic rings. The first-order valence-electron chi connectivity index (χ1n) is 12.0. The summed E-state index contributed by atoms with van der Waals surface area (Å²) < 4.78 is 15.7. The van der Waals surface area contributed by atoms with Crippen molar-refractivity contribution in [2.45, 2.75) is 33.5 Å². The van der Waals surface area contributed by atoms with Crippen molar-refractivity contribution in [3.63, 3.8) is 0 Å². The number of amides is 1. The van der Waals surface area contributed by atoms with Crippen molar-refractivity contribution in [1.29, 1.82) is 0 Å². The number of aromatic nitrogens is 2. The Morgan fingerprint density at radius 2 is 1.72 bits per heavy atom. The molecule has 2 heterocycles. The van der Waals surface area contributed by atoms with E-state index in [2.05, 4.69) is 14.9 Å². The fourth-order valence-electron chi connectivity index (χ4n) is 4.30. The van der Waals surface area contributed by atoms with Gasteiger partial charge >= 0.3 is 0 Å². The molecular weight excluding hydrogens is 453 g/mol. The number of nitrogens with zero attached hydrogens (tertiary/aromatic N) is 4. The number of carbonyl (C=O) groups excluding carboxylic acids is 1. The predicted molar refractivity (Wildman–Crippen MR) is 141 cm³/mol. The van der Waals surface area contributed by atoms with E-state index < -0.39 is 0 Å². The second-order valence-electron chi connectivity index (χ2n) is 8.99. The highest BCUT2D eigenvalue weighted by atomic mass is 19.1. The number of carbonyl (C=O) groups is 1. The topological polar surface area (TPSA) is 62.5 Å². The van der Waals surface area contributed by atoms with E-state index in [1.165, 1.54) is 17.7 Å². The zero-order chi connectivity index (χ0) is 25.1. The molecule has 0 saturated carbocycles. The second kappa shape index (κ2) is 10.2. The summed E-state index contributed by atoms with van der Waals surface area (Å²) in [5.74, 6) is 1.23. The summed E-state index contributed by atoms with van der Waals surface area (Å²) in [4.78, 5) is 24.4. The molecule has 0 aliphatic carbocycles. The number of rotatable bonds is 6. The van der Waals surface area contributed by atoms with Crippen LogP contribution in [0.2, 0.25) is 0 Å². The van der Waals surface area contributed by atoms with Crippen LogP contribution in [0.3, 0.4) is 0 Å². The Morgan fingerprint density at radius 1 is 1.00 bits per heavy atom. The minimum absolute atomic E-state index is 0.0865. The Balaban J connectivity index is 1.42. The number of hydrogen-bond acceptors (Lipinski definition) is 4. The van der Waals surface area contributed by atoms with Crippen LogP contribution in [0, 0.1) is 12.7 Å². The van der Waals surface area contributed by atoms with Crippen LogP contribution in [0.5, 0.6) is 0 Å². The molecule has 182 valence electrons. The lowest BCUT2D eigenvalue weighted by Crippen LogP contribution is -2.41. The average molecular weight is 482 g/mol. The van der Waals surface area contributed by atoms with Gasteiger partial charge in [0.2, 0.25) is 0 Å². The summed E-state index contributed by atoms with van der Waals surface area (Å²) >= 11 is 0. The number of aliphatic imine (C=N–C) groups is 1. The first-order valence-corrected chi connectivity index (χ1v) is 12.0. The van der Waals surface area contributed by atoms with Crippen LogP contribution in [0.25, 0.3) is 11.3 Å². The molecule has 0 spiro atoms. The molecule has 0 saturated heterocycles. The van der Waals surface area contributed by atoms with Gasteiger partial charge in [-0.1, -0.05) is 48.0 Å². The summed E-state index contributed by atoms with van der Waals surface area (Å²) in [6.45, 7) is 5.80. The molecule has 5 rings (SSSR count). The Morgan fingerprint density at radius 3 is 2.44 bits per heavy atom. The zero-order valence-electron chi connectivity index (χ0n) is 20.4. The average Bonchev–Trinajstić information content (AvgIpc) is 3.26. The van der Waals surface area contributed by atoms with Crippen LogP contribution in [-0.2, 0) is 24.4 Å². The highest BCUT2D eigenvalue weighted by molar-refractivity contribution is 6.37. The largest absolute Gasteiger partial charge is 0.340 e. The predicted octanol–water partition coefficient (Wildman–Crippen LogP) is 5.74. The number of hydrogen-bond donors (Lipinski definition) is 1. The number of fused-ring (bicyclic) bond motifs is 1. The molecule has 6 nitrogen and oxygen atoms in total. The molecule has 7 heteroatoms. The van der Waals surface area contributed by atoms with Gasteiger partial charge in [-0.3, -0.25) is 9.79 Å². The summed E-state index contributed by atoms with van der Waals surface area (Å²) in [7, 11) is 0. The van der Waals surface area contributed by atoms with Gasteiger partial charge in [-0.05, 0) is 55.8 Å². The minimum atomic E-state index is -0.294. The first-order chi connectivity index (χ1) is 17.5. The van der Waals surface area contributed by atoms with Gasteiger partial charge in [-0.15, -0.1) is 0 Å². The molecule has 1 aliphatic heterocycles. The third kappa shape index (κ3) is 5.05. The van der Waals surface area contributed by atoms with Gasteiger partial charge in [0.1, 0.15) is 23.2 Å². The maximum atomic E-state index is 13.6. The normalized spacial score (nSPS) is 13.4. The van der Waals surface area contributed by atoms with Crippen molar-refractivity contribution in [1.82, 2.24) is 14.5 Å². The third-order valence-corrected chi connectivity index (χ3v) is 6.34. The van der Waals surface area contributed by atoms with Crippen molar-refractivity contribution >= 4 is 23.1 Å². The maximum absolute atomic E-state index is 13.6. The van der Waals surface area contributed by atoms with Crippen LogP contribution in [0.4, 0.5) is 15.9 Å². The molecule has 3 aromatic carbocycles. The third-order valence-electron chi connectivity index (χ3n) is 6.34. The summed E-state index contributed by atoms with van der Waals surface area (Å²) in [5, 5.41) is 3.51. The van der Waals surface area contributed by atoms with E-state index in [0.29, 0.717) is 31.9 Å². The molecule has 0 unspecified atom stereocenters. The molecule has 0 atom stereocenters. The van der Waals surface area contributed by atoms with Gasteiger partial charge in [0.15, 0.2) is 0 Å². The molecule has 1 amide bonds. The highest BCUT2D eigenvalue weighted by Gasteiger charge is 2.28. The molecular formula is C29H28FN5O. The van der Waals surface area contributed by atoms with Gasteiger partial charge in [0, 0.05) is 24.3 Å². The van der Waals surface area contributed by atoms with Gasteiger partial charge in [0.25, 0.3) is 5.91 Å². The SMILES string of the molecule is C/C(=N\Cc1ccccc1)C(=O)N1CCn2c(nc(-c3ccc(F)cc3)c2Nc2ccc(C)cc2)C1. The summed E-state index contributed by atoms with van der Waals surface area (Å²) in [6, 6.07) is 24.4. The minimum Gasteiger partial charge on any atom is -0.340 e. The van der Waals surface area contributed by atoms with Gasteiger partial charge < -0.3 is 14.8 Å². The second-order valence-corrected chi connectivity index (χ2v) is 8.99. The molecule has 0 radical (unpaired) electrons. The number of anilines is 2. The Hall–Kier alpha value is -4.26. The molecule has 1 aromatic heterocycles. The van der Waals surface area contributed by atoms with Crippen molar-refractivity contribution in [3.05, 3.63) is 102 Å². The van der Waals surface area contributed by atoms with E-state index in [1.54, 1.807) is 24.0 Å². The van der Waals surface area contributed by atoms with Crippen LogP contribution in [0.15, 0.2) is 83.9 Å². The Bertz CT molecular complexity index is 1390. The van der Waals surface area contributed by atoms with E-state index in [1.807, 2.05) is 61.5 Å². The lowest BCUT2D eigenvalue weighted by molar-refractivity contribution is -0.125. The Kier molecular flexibility index (Phi) is 6.62. The fourth-order valence-corrected chi connectivity index (χ4v) is 4.30. The van der Waals surface area contributed by atoms with E-state index in [4.69, 9.17) is 4.98 Å². The van der Waals surface area contributed by atoms with E-state index >= 15 is 0 Å². The number of halogens is 1. The van der Waals surface area contributed by atoms with Crippen molar-refractivity contribution < 1.29 is 9.18 Å². The van der Waals surface area contributed by atoms with Crippen molar-refractivity contribution in [2.24, 2.45) is 4.99 Å². The van der Waals surface area contributed by atoms with Crippen LogP contribution < -0.4 is 5.32 Å². The number of benzene rings is 3. The molecule has 1 aliphatic rings. The van der Waals surface area contributed by atoms with Crippen molar-refractivity contribution in [3.8, 4) is 11.3 Å². The zero-order valence-corrected chi connectivity index (χ0v) is 20.4. The smallest absolute Gasteiger partial charge is 0.267 e. The van der Waals surface area contributed by atoms with Crippen LogP contribution in [0.1, 0.15) is 23.9 Å². The molecule has 36 heavy (non-hydrogen) atoms. The number of nitrogens with one attached hydrogen (secondary N) is 1. The van der Waals surface area contributed by atoms with E-state index in [0.717, 1.165) is 34.2 Å². The summed E-state index contributed by atoms with van der Waals surface area (Å²) in [6.07, 6.45) is 0. The van der Waals surface area contributed by atoms with Gasteiger partial charge in [-0.2, -0.15) is 0 Å². The lowest BCUT2D eigenvalue weighted by atomic mass is 10.1.